The van der Waals surface area contributed by atoms with Crippen molar-refractivity contribution in [2.45, 2.75) is 25.8 Å². The van der Waals surface area contributed by atoms with Crippen LogP contribution in [0.2, 0.25) is 0 Å². The highest BCUT2D eigenvalue weighted by atomic mass is 16.2. The van der Waals surface area contributed by atoms with Crippen molar-refractivity contribution in [2.24, 2.45) is 0 Å². The molecule has 100 valence electrons. The van der Waals surface area contributed by atoms with E-state index in [9.17, 15) is 14.4 Å². The van der Waals surface area contributed by atoms with Gasteiger partial charge in [-0.1, -0.05) is 17.7 Å². The van der Waals surface area contributed by atoms with Gasteiger partial charge in [0.1, 0.15) is 6.04 Å². The van der Waals surface area contributed by atoms with Crippen LogP contribution in [0.3, 0.4) is 0 Å². The van der Waals surface area contributed by atoms with Gasteiger partial charge in [0.2, 0.25) is 5.91 Å². The number of hydrogen-bond acceptors (Lipinski definition) is 3. The number of likely N-dealkylation sites (tertiary alicyclic amines) is 1. The maximum atomic E-state index is 12.0. The van der Waals surface area contributed by atoms with E-state index in [0.717, 1.165) is 10.5 Å². The maximum absolute atomic E-state index is 12.0. The van der Waals surface area contributed by atoms with Crippen molar-refractivity contribution in [3.8, 4) is 0 Å². The summed E-state index contributed by atoms with van der Waals surface area (Å²) in [5, 5.41) is 2.68. The van der Waals surface area contributed by atoms with Gasteiger partial charge in [-0.3, -0.25) is 19.3 Å². The van der Waals surface area contributed by atoms with Crippen LogP contribution in [-0.4, -0.2) is 35.7 Å². The van der Waals surface area contributed by atoms with E-state index in [1.807, 2.05) is 13.0 Å². The van der Waals surface area contributed by atoms with E-state index in [1.54, 1.807) is 18.2 Å². The molecule has 1 unspecified atom stereocenters. The fourth-order valence-electron chi connectivity index (χ4n) is 2.08. The zero-order valence-corrected chi connectivity index (χ0v) is 11.0. The zero-order chi connectivity index (χ0) is 14.0. The lowest BCUT2D eigenvalue weighted by molar-refractivity contribution is -0.147. The van der Waals surface area contributed by atoms with Gasteiger partial charge in [-0.05, 0) is 25.5 Å². The zero-order valence-electron chi connectivity index (χ0n) is 11.0. The lowest BCUT2D eigenvalue weighted by Crippen LogP contribution is -2.52. The number of rotatable bonds is 2. The van der Waals surface area contributed by atoms with Gasteiger partial charge in [-0.25, -0.2) is 0 Å². The van der Waals surface area contributed by atoms with Crippen molar-refractivity contribution in [1.29, 1.82) is 0 Å². The van der Waals surface area contributed by atoms with Crippen molar-refractivity contribution in [3.63, 3.8) is 0 Å². The van der Waals surface area contributed by atoms with Crippen LogP contribution in [0.5, 0.6) is 0 Å². The Kier molecular flexibility index (Phi) is 3.64. The number of piperidine rings is 1. The van der Waals surface area contributed by atoms with Gasteiger partial charge in [-0.15, -0.1) is 0 Å². The molecule has 0 aromatic heterocycles. The van der Waals surface area contributed by atoms with Gasteiger partial charge in [0.15, 0.2) is 0 Å². The number of carbonyl (C=O) groups excluding carboxylic acids is 3. The van der Waals surface area contributed by atoms with Crippen molar-refractivity contribution in [2.75, 3.05) is 7.05 Å². The maximum Gasteiger partial charge on any atom is 0.251 e. The second kappa shape index (κ2) is 5.22. The quantitative estimate of drug-likeness (QED) is 0.802. The summed E-state index contributed by atoms with van der Waals surface area (Å²) in [5.41, 5.74) is 1.50. The fraction of sp³-hybridized carbons (Fsp3) is 0.357. The average molecular weight is 260 g/mol. The number of benzene rings is 1. The lowest BCUT2D eigenvalue weighted by Gasteiger charge is -2.28. The highest BCUT2D eigenvalue weighted by Crippen LogP contribution is 2.12. The Bertz CT molecular complexity index is 539. The standard InChI is InChI=1S/C14H16N2O3/c1-9-4-3-5-10(8-9)13(18)15-11-6-7-12(17)16(2)14(11)19/h3-5,8,11H,6-7H2,1-2H3,(H,15,18). The van der Waals surface area contributed by atoms with Crippen LogP contribution in [-0.2, 0) is 9.59 Å². The van der Waals surface area contributed by atoms with E-state index in [-0.39, 0.29) is 24.1 Å². The minimum absolute atomic E-state index is 0.203. The summed E-state index contributed by atoms with van der Waals surface area (Å²) in [5.74, 6) is -0.840. The largest absolute Gasteiger partial charge is 0.340 e. The topological polar surface area (TPSA) is 66.5 Å². The Morgan fingerprint density at radius 3 is 2.79 bits per heavy atom. The van der Waals surface area contributed by atoms with E-state index < -0.39 is 6.04 Å². The van der Waals surface area contributed by atoms with Gasteiger partial charge >= 0.3 is 0 Å². The molecule has 1 aliphatic rings. The third-order valence-corrected chi connectivity index (χ3v) is 3.24. The van der Waals surface area contributed by atoms with E-state index in [2.05, 4.69) is 5.32 Å². The van der Waals surface area contributed by atoms with Crippen molar-refractivity contribution in [3.05, 3.63) is 35.4 Å². The van der Waals surface area contributed by atoms with E-state index >= 15 is 0 Å². The van der Waals surface area contributed by atoms with Crippen LogP contribution in [0, 0.1) is 6.92 Å². The molecule has 1 saturated heterocycles. The first kappa shape index (κ1) is 13.3. The molecular weight excluding hydrogens is 244 g/mol. The number of imide groups is 1. The third-order valence-electron chi connectivity index (χ3n) is 3.24. The van der Waals surface area contributed by atoms with Crippen molar-refractivity contribution < 1.29 is 14.4 Å². The summed E-state index contributed by atoms with van der Waals surface area (Å²) >= 11 is 0. The van der Waals surface area contributed by atoms with E-state index in [4.69, 9.17) is 0 Å². The molecule has 0 bridgehead atoms. The molecule has 1 heterocycles. The van der Waals surface area contributed by atoms with Crippen LogP contribution in [0.15, 0.2) is 24.3 Å². The molecule has 2 rings (SSSR count). The number of hydrogen-bond donors (Lipinski definition) is 1. The lowest BCUT2D eigenvalue weighted by atomic mass is 10.0. The van der Waals surface area contributed by atoms with E-state index in [0.29, 0.717) is 12.0 Å². The molecule has 1 aromatic carbocycles. The molecule has 0 radical (unpaired) electrons. The summed E-state index contributed by atoms with van der Waals surface area (Å²) in [7, 11) is 1.44. The van der Waals surface area contributed by atoms with Gasteiger partial charge in [0.25, 0.3) is 11.8 Å². The normalized spacial score (nSPS) is 19.5. The number of aryl methyl sites for hydroxylation is 1. The Labute approximate surface area is 111 Å². The molecule has 1 N–H and O–H groups in total. The number of amides is 3. The predicted octanol–water partition coefficient (Wildman–Crippen LogP) is 0.872. The molecule has 1 aromatic rings. The fourth-order valence-corrected chi connectivity index (χ4v) is 2.08. The summed E-state index contributed by atoms with van der Waals surface area (Å²) in [6, 6.07) is 6.54. The monoisotopic (exact) mass is 260 g/mol. The highest BCUT2D eigenvalue weighted by molar-refractivity contribution is 6.03. The molecule has 1 aliphatic heterocycles. The van der Waals surface area contributed by atoms with Crippen molar-refractivity contribution in [1.82, 2.24) is 10.2 Å². The van der Waals surface area contributed by atoms with Crippen LogP contribution in [0.1, 0.15) is 28.8 Å². The number of likely N-dealkylation sites (N-methyl/N-ethyl adjacent to an activating group) is 1. The smallest absolute Gasteiger partial charge is 0.251 e. The van der Waals surface area contributed by atoms with Gasteiger partial charge in [0.05, 0.1) is 0 Å². The first-order chi connectivity index (χ1) is 8.99. The SMILES string of the molecule is Cc1cccc(C(=O)NC2CCC(=O)N(C)C2=O)c1. The number of carbonyl (C=O) groups is 3. The molecular formula is C14H16N2O3. The molecule has 3 amide bonds. The Hall–Kier alpha value is -2.17. The second-order valence-electron chi connectivity index (χ2n) is 4.73. The van der Waals surface area contributed by atoms with Gasteiger partial charge in [-0.2, -0.15) is 0 Å². The minimum Gasteiger partial charge on any atom is -0.340 e. The molecule has 0 aliphatic carbocycles. The van der Waals surface area contributed by atoms with Gasteiger partial charge < -0.3 is 5.32 Å². The summed E-state index contributed by atoms with van der Waals surface area (Å²) in [6.45, 7) is 1.90. The summed E-state index contributed by atoms with van der Waals surface area (Å²) in [6.07, 6.45) is 0.639. The van der Waals surface area contributed by atoms with Crippen LogP contribution in [0.25, 0.3) is 0 Å². The van der Waals surface area contributed by atoms with Crippen LogP contribution >= 0.6 is 0 Å². The Balaban J connectivity index is 2.07. The van der Waals surface area contributed by atoms with Gasteiger partial charge in [0, 0.05) is 19.0 Å². The molecule has 19 heavy (non-hydrogen) atoms. The van der Waals surface area contributed by atoms with Crippen LogP contribution < -0.4 is 5.32 Å². The van der Waals surface area contributed by atoms with Crippen molar-refractivity contribution >= 4 is 17.7 Å². The minimum atomic E-state index is -0.615. The first-order valence-electron chi connectivity index (χ1n) is 6.17. The highest BCUT2D eigenvalue weighted by Gasteiger charge is 2.32. The third kappa shape index (κ3) is 2.81. The summed E-state index contributed by atoms with van der Waals surface area (Å²) in [4.78, 5) is 36.3. The molecule has 0 saturated carbocycles. The number of nitrogens with one attached hydrogen (secondary N) is 1. The summed E-state index contributed by atoms with van der Waals surface area (Å²) < 4.78 is 0. The first-order valence-corrected chi connectivity index (χ1v) is 6.17. The van der Waals surface area contributed by atoms with Crippen LogP contribution in [0.4, 0.5) is 0 Å². The Morgan fingerprint density at radius 1 is 1.37 bits per heavy atom. The molecule has 1 atom stereocenters. The molecule has 1 fully saturated rings. The predicted molar refractivity (Wildman–Crippen MR) is 69.4 cm³/mol. The Morgan fingerprint density at radius 2 is 2.11 bits per heavy atom. The average Bonchev–Trinajstić information content (AvgIpc) is 2.39. The molecule has 5 heteroatoms. The second-order valence-corrected chi connectivity index (χ2v) is 4.73. The molecule has 5 nitrogen and oxygen atoms in total. The number of nitrogens with zero attached hydrogens (tertiary/aromatic N) is 1. The van der Waals surface area contributed by atoms with E-state index in [1.165, 1.54) is 7.05 Å². The molecule has 0 spiro atoms.